The maximum absolute atomic E-state index is 5.19. The molecule has 2 aromatic rings. The van der Waals surface area contributed by atoms with Gasteiger partial charge in [0.25, 0.3) is 0 Å². The smallest absolute Gasteiger partial charge is 0.118 e. The van der Waals surface area contributed by atoms with E-state index in [0.29, 0.717) is 0 Å². The summed E-state index contributed by atoms with van der Waals surface area (Å²) in [5.74, 6) is 0.879. The highest BCUT2D eigenvalue weighted by Crippen LogP contribution is 2.21. The van der Waals surface area contributed by atoms with E-state index in [1.807, 2.05) is 24.4 Å². The molecule has 1 aromatic heterocycles. The third-order valence-electron chi connectivity index (χ3n) is 2.98. The molecule has 0 unspecified atom stereocenters. The quantitative estimate of drug-likeness (QED) is 0.787. The van der Waals surface area contributed by atoms with Crippen LogP contribution in [0.2, 0.25) is 19.6 Å². The molecule has 0 saturated carbocycles. The summed E-state index contributed by atoms with van der Waals surface area (Å²) in [5.41, 5.74) is 2.27. The summed E-state index contributed by atoms with van der Waals surface area (Å²) in [5, 5.41) is 1.40. The van der Waals surface area contributed by atoms with Gasteiger partial charge in [0.05, 0.1) is 20.9 Å². The van der Waals surface area contributed by atoms with Crippen molar-refractivity contribution in [1.29, 1.82) is 0 Å². The van der Waals surface area contributed by atoms with Crippen molar-refractivity contribution in [2.24, 2.45) is 0 Å². The van der Waals surface area contributed by atoms with Crippen molar-refractivity contribution in [3.63, 3.8) is 0 Å². The van der Waals surface area contributed by atoms with Crippen LogP contribution in [0.4, 0.5) is 0 Å². The third-order valence-corrected chi connectivity index (χ3v) is 5.00. The Morgan fingerprint density at radius 2 is 1.67 bits per heavy atom. The van der Waals surface area contributed by atoms with Crippen LogP contribution in [0.25, 0.3) is 11.3 Å². The fourth-order valence-electron chi connectivity index (χ4n) is 1.99. The van der Waals surface area contributed by atoms with Crippen LogP contribution < -0.4 is 9.92 Å². The van der Waals surface area contributed by atoms with Gasteiger partial charge in [-0.15, -0.1) is 0 Å². The molecule has 18 heavy (non-hydrogen) atoms. The fraction of sp³-hybridized carbons (Fsp3) is 0.267. The molecule has 94 valence electrons. The molecule has 0 N–H and O–H groups in total. The lowest BCUT2D eigenvalue weighted by Gasteiger charge is -2.20. The summed E-state index contributed by atoms with van der Waals surface area (Å²) in [6.07, 6.45) is 1.86. The Morgan fingerprint density at radius 1 is 1.00 bits per heavy atom. The first kappa shape index (κ1) is 12.8. The largest absolute Gasteiger partial charge is 0.497 e. The van der Waals surface area contributed by atoms with Gasteiger partial charge in [-0.25, -0.2) is 0 Å². The molecule has 0 aliphatic rings. The average molecular weight is 257 g/mol. The van der Waals surface area contributed by atoms with Gasteiger partial charge in [-0.2, -0.15) is 0 Å². The van der Waals surface area contributed by atoms with Gasteiger partial charge in [0.1, 0.15) is 5.75 Å². The number of ether oxygens (including phenoxy) is 1. The van der Waals surface area contributed by atoms with Gasteiger partial charge in [-0.1, -0.05) is 25.7 Å². The van der Waals surface area contributed by atoms with Crippen molar-refractivity contribution in [3.8, 4) is 17.0 Å². The molecular formula is C15H19NOSi. The van der Waals surface area contributed by atoms with Crippen LogP contribution >= 0.6 is 0 Å². The Labute approximate surface area is 110 Å². The van der Waals surface area contributed by atoms with Crippen molar-refractivity contribution in [2.75, 3.05) is 7.11 Å². The van der Waals surface area contributed by atoms with E-state index in [9.17, 15) is 0 Å². The summed E-state index contributed by atoms with van der Waals surface area (Å²) in [6, 6.07) is 12.4. The number of benzene rings is 1. The summed E-state index contributed by atoms with van der Waals surface area (Å²) in [7, 11) is 0.307. The molecule has 0 amide bonds. The Balaban J connectivity index is 2.50. The first-order valence-corrected chi connectivity index (χ1v) is 9.62. The number of hydrogen-bond donors (Lipinski definition) is 0. The first-order chi connectivity index (χ1) is 8.52. The molecule has 0 bridgehead atoms. The standard InChI is InChI=1S/C15H19NOSi/c1-17-13-9-7-12(8-10-13)15-14(18(2,3)4)6-5-11-16-15/h5-11H,1-4H3. The van der Waals surface area contributed by atoms with E-state index in [0.717, 1.165) is 17.0 Å². The predicted octanol–water partition coefficient (Wildman–Crippen LogP) is 3.30. The number of aromatic nitrogens is 1. The summed E-state index contributed by atoms with van der Waals surface area (Å²) in [6.45, 7) is 7.03. The average Bonchev–Trinajstić information content (AvgIpc) is 2.38. The van der Waals surface area contributed by atoms with Gasteiger partial charge in [0, 0.05) is 11.8 Å². The van der Waals surface area contributed by atoms with Gasteiger partial charge < -0.3 is 4.74 Å². The maximum atomic E-state index is 5.19. The molecule has 0 spiro atoms. The van der Waals surface area contributed by atoms with E-state index >= 15 is 0 Å². The zero-order valence-electron chi connectivity index (χ0n) is 11.4. The summed E-state index contributed by atoms with van der Waals surface area (Å²) in [4.78, 5) is 4.56. The number of methoxy groups -OCH3 is 1. The lowest BCUT2D eigenvalue weighted by Crippen LogP contribution is -2.39. The molecule has 3 heteroatoms. The molecular weight excluding hydrogens is 238 g/mol. The van der Waals surface area contributed by atoms with Crippen LogP contribution in [0.5, 0.6) is 5.75 Å². The minimum absolute atomic E-state index is 0.879. The Kier molecular flexibility index (Phi) is 3.52. The molecule has 0 fully saturated rings. The highest BCUT2D eigenvalue weighted by molar-refractivity contribution is 6.89. The molecule has 1 aromatic carbocycles. The van der Waals surface area contributed by atoms with Crippen LogP contribution in [0.15, 0.2) is 42.6 Å². The monoisotopic (exact) mass is 257 g/mol. The second-order valence-electron chi connectivity index (χ2n) is 5.38. The third kappa shape index (κ3) is 2.62. The number of nitrogens with zero attached hydrogens (tertiary/aromatic N) is 1. The van der Waals surface area contributed by atoms with Gasteiger partial charge >= 0.3 is 0 Å². The Morgan fingerprint density at radius 3 is 2.22 bits per heavy atom. The fourth-order valence-corrected chi connectivity index (χ4v) is 3.50. The topological polar surface area (TPSA) is 22.1 Å². The Hall–Kier alpha value is -1.61. The van der Waals surface area contributed by atoms with Crippen molar-refractivity contribution in [3.05, 3.63) is 42.6 Å². The van der Waals surface area contributed by atoms with E-state index in [1.54, 1.807) is 7.11 Å². The predicted molar refractivity (Wildman–Crippen MR) is 79.2 cm³/mol. The first-order valence-electron chi connectivity index (χ1n) is 6.12. The lowest BCUT2D eigenvalue weighted by atomic mass is 10.1. The molecule has 0 saturated heterocycles. The highest BCUT2D eigenvalue weighted by atomic mass is 28.3. The van der Waals surface area contributed by atoms with Crippen LogP contribution in [-0.2, 0) is 0 Å². The maximum Gasteiger partial charge on any atom is 0.118 e. The zero-order chi connectivity index (χ0) is 13.2. The van der Waals surface area contributed by atoms with E-state index < -0.39 is 8.07 Å². The lowest BCUT2D eigenvalue weighted by molar-refractivity contribution is 0.415. The van der Waals surface area contributed by atoms with E-state index in [-0.39, 0.29) is 0 Å². The number of rotatable bonds is 3. The molecule has 2 rings (SSSR count). The SMILES string of the molecule is COc1ccc(-c2ncccc2[Si](C)(C)C)cc1. The molecule has 1 heterocycles. The van der Waals surface area contributed by atoms with Crippen molar-refractivity contribution in [1.82, 2.24) is 4.98 Å². The second-order valence-corrected chi connectivity index (χ2v) is 10.4. The number of hydrogen-bond acceptors (Lipinski definition) is 2. The minimum Gasteiger partial charge on any atom is -0.497 e. The minimum atomic E-state index is -1.38. The normalized spacial score (nSPS) is 11.3. The van der Waals surface area contributed by atoms with Crippen LogP contribution in [-0.4, -0.2) is 20.2 Å². The van der Waals surface area contributed by atoms with Crippen molar-refractivity contribution >= 4 is 13.3 Å². The molecule has 0 radical (unpaired) electrons. The van der Waals surface area contributed by atoms with Crippen molar-refractivity contribution in [2.45, 2.75) is 19.6 Å². The van der Waals surface area contributed by atoms with Gasteiger partial charge in [0.15, 0.2) is 0 Å². The molecule has 2 nitrogen and oxygen atoms in total. The molecule has 0 aliphatic carbocycles. The van der Waals surface area contributed by atoms with E-state index in [2.05, 4.69) is 42.8 Å². The van der Waals surface area contributed by atoms with Gasteiger partial charge in [-0.3, -0.25) is 4.98 Å². The second kappa shape index (κ2) is 4.94. The van der Waals surface area contributed by atoms with Crippen molar-refractivity contribution < 1.29 is 4.74 Å². The van der Waals surface area contributed by atoms with Crippen LogP contribution in [0.3, 0.4) is 0 Å². The van der Waals surface area contributed by atoms with Crippen LogP contribution in [0.1, 0.15) is 0 Å². The van der Waals surface area contributed by atoms with Gasteiger partial charge in [-0.05, 0) is 35.5 Å². The number of pyridine rings is 1. The summed E-state index contributed by atoms with van der Waals surface area (Å²) < 4.78 is 5.19. The van der Waals surface area contributed by atoms with Crippen LogP contribution in [0, 0.1) is 0 Å². The van der Waals surface area contributed by atoms with Gasteiger partial charge in [0.2, 0.25) is 0 Å². The van der Waals surface area contributed by atoms with E-state index in [4.69, 9.17) is 4.74 Å². The summed E-state index contributed by atoms with van der Waals surface area (Å²) >= 11 is 0. The van der Waals surface area contributed by atoms with E-state index in [1.165, 1.54) is 5.19 Å². The Bertz CT molecular complexity index is 529. The molecule has 0 atom stereocenters. The highest BCUT2D eigenvalue weighted by Gasteiger charge is 2.21. The molecule has 0 aliphatic heterocycles. The zero-order valence-corrected chi connectivity index (χ0v) is 12.4.